The van der Waals surface area contributed by atoms with Crippen molar-refractivity contribution in [2.24, 2.45) is 11.3 Å². The Balaban J connectivity index is 2.07. The number of halogens is 1. The average Bonchev–Trinajstić information content (AvgIpc) is 2.58. The lowest BCUT2D eigenvalue weighted by atomic mass is 9.78. The first-order valence-electron chi connectivity index (χ1n) is 6.26. The zero-order valence-corrected chi connectivity index (χ0v) is 12.1. The predicted molar refractivity (Wildman–Crippen MR) is 74.0 cm³/mol. The number of carbonyl (C=O) groups is 1. The molecule has 1 nitrogen and oxygen atoms in total. The van der Waals surface area contributed by atoms with E-state index in [2.05, 4.69) is 29.8 Å². The summed E-state index contributed by atoms with van der Waals surface area (Å²) < 4.78 is 1.05. The third-order valence-corrected chi connectivity index (χ3v) is 4.41. The summed E-state index contributed by atoms with van der Waals surface area (Å²) in [5, 5.41) is 0. The van der Waals surface area contributed by atoms with Gasteiger partial charge in [-0.2, -0.15) is 0 Å². The van der Waals surface area contributed by atoms with Crippen LogP contribution in [0, 0.1) is 11.3 Å². The fourth-order valence-electron chi connectivity index (χ4n) is 2.89. The maximum Gasteiger partial charge on any atom is 0.140 e. The summed E-state index contributed by atoms with van der Waals surface area (Å²) in [5.41, 5.74) is 1.32. The highest BCUT2D eigenvalue weighted by atomic mass is 79.9. The van der Waals surface area contributed by atoms with Gasteiger partial charge in [0.25, 0.3) is 0 Å². The van der Waals surface area contributed by atoms with Gasteiger partial charge in [0, 0.05) is 16.8 Å². The van der Waals surface area contributed by atoms with E-state index in [9.17, 15) is 4.79 Å². The summed E-state index contributed by atoms with van der Waals surface area (Å²) in [6, 6.07) is 8.06. The van der Waals surface area contributed by atoms with Crippen LogP contribution in [0.1, 0.15) is 38.7 Å². The minimum Gasteiger partial charge on any atom is -0.299 e. The van der Waals surface area contributed by atoms with Crippen molar-refractivity contribution in [2.75, 3.05) is 0 Å². The van der Waals surface area contributed by atoms with Crippen molar-refractivity contribution in [3.8, 4) is 0 Å². The van der Waals surface area contributed by atoms with Crippen LogP contribution in [0.15, 0.2) is 28.7 Å². The van der Waals surface area contributed by atoms with Gasteiger partial charge in [-0.3, -0.25) is 4.79 Å². The van der Waals surface area contributed by atoms with Crippen molar-refractivity contribution in [1.29, 1.82) is 0 Å². The van der Waals surface area contributed by atoms with Crippen LogP contribution in [0.25, 0.3) is 0 Å². The fraction of sp³-hybridized carbons (Fsp3) is 0.533. The molecule has 1 fully saturated rings. The maximum atomic E-state index is 12.3. The Labute approximate surface area is 112 Å². The van der Waals surface area contributed by atoms with Gasteiger partial charge < -0.3 is 0 Å². The van der Waals surface area contributed by atoms with Gasteiger partial charge in [-0.25, -0.2) is 0 Å². The molecule has 1 aromatic rings. The van der Waals surface area contributed by atoms with E-state index >= 15 is 0 Å². The first-order valence-corrected chi connectivity index (χ1v) is 7.05. The Hall–Kier alpha value is -0.630. The SMILES string of the molecule is CC1(C)CCCC1C(=O)Cc1cccc(Br)c1. The number of carbonyl (C=O) groups excluding carboxylic acids is 1. The molecule has 2 heteroatoms. The lowest BCUT2D eigenvalue weighted by Crippen LogP contribution is -2.27. The van der Waals surface area contributed by atoms with Gasteiger partial charge in [0.15, 0.2) is 0 Å². The molecule has 92 valence electrons. The molecule has 2 rings (SSSR count). The molecule has 1 unspecified atom stereocenters. The van der Waals surface area contributed by atoms with Gasteiger partial charge in [-0.05, 0) is 36.0 Å². The normalized spacial score (nSPS) is 22.6. The molecule has 0 heterocycles. The molecule has 1 aliphatic carbocycles. The van der Waals surface area contributed by atoms with Crippen molar-refractivity contribution in [3.63, 3.8) is 0 Å². The summed E-state index contributed by atoms with van der Waals surface area (Å²) in [6.45, 7) is 4.45. The van der Waals surface area contributed by atoms with Crippen LogP contribution in [-0.2, 0) is 11.2 Å². The molecular formula is C15H19BrO. The summed E-state index contributed by atoms with van der Waals surface area (Å²) in [5.74, 6) is 0.659. The van der Waals surface area contributed by atoms with E-state index in [-0.39, 0.29) is 11.3 Å². The molecule has 1 aliphatic rings. The van der Waals surface area contributed by atoms with Crippen LogP contribution >= 0.6 is 15.9 Å². The van der Waals surface area contributed by atoms with E-state index in [4.69, 9.17) is 0 Å². The van der Waals surface area contributed by atoms with Gasteiger partial charge >= 0.3 is 0 Å². The van der Waals surface area contributed by atoms with Gasteiger partial charge in [0.1, 0.15) is 5.78 Å². The highest BCUT2D eigenvalue weighted by Crippen LogP contribution is 2.43. The molecular weight excluding hydrogens is 276 g/mol. The van der Waals surface area contributed by atoms with Crippen LogP contribution in [-0.4, -0.2) is 5.78 Å². The molecule has 1 aromatic carbocycles. The molecule has 0 amide bonds. The fourth-order valence-corrected chi connectivity index (χ4v) is 3.34. The van der Waals surface area contributed by atoms with E-state index in [1.54, 1.807) is 0 Å². The lowest BCUT2D eigenvalue weighted by molar-refractivity contribution is -0.124. The standard InChI is InChI=1S/C15H19BrO/c1-15(2)8-4-7-13(15)14(17)10-11-5-3-6-12(16)9-11/h3,5-6,9,13H,4,7-8,10H2,1-2H3. The van der Waals surface area contributed by atoms with E-state index in [0.717, 1.165) is 16.5 Å². The van der Waals surface area contributed by atoms with E-state index in [0.29, 0.717) is 12.2 Å². The van der Waals surface area contributed by atoms with Crippen LogP contribution in [0.4, 0.5) is 0 Å². The molecule has 1 saturated carbocycles. The molecule has 0 spiro atoms. The molecule has 17 heavy (non-hydrogen) atoms. The Morgan fingerprint density at radius 2 is 2.24 bits per heavy atom. The monoisotopic (exact) mass is 294 g/mol. The molecule has 0 aromatic heterocycles. The molecule has 0 N–H and O–H groups in total. The second kappa shape index (κ2) is 4.93. The smallest absolute Gasteiger partial charge is 0.140 e. The molecule has 0 aliphatic heterocycles. The molecule has 0 bridgehead atoms. The predicted octanol–water partition coefficient (Wildman–Crippen LogP) is 4.39. The highest BCUT2D eigenvalue weighted by molar-refractivity contribution is 9.10. The molecule has 0 radical (unpaired) electrons. The van der Waals surface area contributed by atoms with Crippen LogP contribution in [0.2, 0.25) is 0 Å². The summed E-state index contributed by atoms with van der Waals surface area (Å²) >= 11 is 3.45. The number of benzene rings is 1. The topological polar surface area (TPSA) is 17.1 Å². The molecule has 1 atom stereocenters. The van der Waals surface area contributed by atoms with Crippen LogP contribution < -0.4 is 0 Å². The minimum atomic E-state index is 0.198. The number of Topliss-reactive ketones (excluding diaryl/α,β-unsaturated/α-hetero) is 1. The Bertz CT molecular complexity index is 423. The van der Waals surface area contributed by atoms with Crippen molar-refractivity contribution in [3.05, 3.63) is 34.3 Å². The largest absolute Gasteiger partial charge is 0.299 e. The van der Waals surface area contributed by atoms with Gasteiger partial charge in [0.05, 0.1) is 0 Å². The first kappa shape index (κ1) is 12.8. The quantitative estimate of drug-likeness (QED) is 0.808. The number of rotatable bonds is 3. The second-order valence-corrected chi connectivity index (χ2v) is 6.62. The zero-order valence-electron chi connectivity index (χ0n) is 10.5. The van der Waals surface area contributed by atoms with Crippen molar-refractivity contribution in [2.45, 2.75) is 39.5 Å². The van der Waals surface area contributed by atoms with Crippen LogP contribution in [0.3, 0.4) is 0 Å². The average molecular weight is 295 g/mol. The van der Waals surface area contributed by atoms with E-state index in [1.807, 2.05) is 24.3 Å². The summed E-state index contributed by atoms with van der Waals surface area (Å²) in [4.78, 5) is 12.3. The Morgan fingerprint density at radius 3 is 2.82 bits per heavy atom. The zero-order chi connectivity index (χ0) is 12.5. The molecule has 0 saturated heterocycles. The maximum absolute atomic E-state index is 12.3. The second-order valence-electron chi connectivity index (χ2n) is 5.71. The third kappa shape index (κ3) is 2.98. The number of hydrogen-bond acceptors (Lipinski definition) is 1. The van der Waals surface area contributed by atoms with Gasteiger partial charge in [-0.1, -0.05) is 48.3 Å². The van der Waals surface area contributed by atoms with Gasteiger partial charge in [0.2, 0.25) is 0 Å². The lowest BCUT2D eigenvalue weighted by Gasteiger charge is -2.25. The Kier molecular flexibility index (Phi) is 3.72. The highest BCUT2D eigenvalue weighted by Gasteiger charge is 2.38. The van der Waals surface area contributed by atoms with Crippen LogP contribution in [0.5, 0.6) is 0 Å². The van der Waals surface area contributed by atoms with Gasteiger partial charge in [-0.15, -0.1) is 0 Å². The third-order valence-electron chi connectivity index (χ3n) is 3.91. The number of ketones is 1. The first-order chi connectivity index (χ1) is 7.99. The Morgan fingerprint density at radius 1 is 1.47 bits per heavy atom. The van der Waals surface area contributed by atoms with Crippen molar-refractivity contribution < 1.29 is 4.79 Å². The minimum absolute atomic E-state index is 0.198. The summed E-state index contributed by atoms with van der Waals surface area (Å²) in [6.07, 6.45) is 4.02. The number of hydrogen-bond donors (Lipinski definition) is 0. The van der Waals surface area contributed by atoms with E-state index in [1.165, 1.54) is 12.8 Å². The van der Waals surface area contributed by atoms with E-state index < -0.39 is 0 Å². The summed E-state index contributed by atoms with van der Waals surface area (Å²) in [7, 11) is 0. The van der Waals surface area contributed by atoms with Crippen molar-refractivity contribution >= 4 is 21.7 Å². The van der Waals surface area contributed by atoms with Crippen molar-refractivity contribution in [1.82, 2.24) is 0 Å².